The predicted octanol–water partition coefficient (Wildman–Crippen LogP) is 9.53. The summed E-state index contributed by atoms with van der Waals surface area (Å²) in [6, 6.07) is 38.8. The van der Waals surface area contributed by atoms with Crippen LogP contribution in [0.15, 0.2) is 134 Å². The topological polar surface area (TPSA) is 213 Å². The highest BCUT2D eigenvalue weighted by Gasteiger charge is 2.24. The van der Waals surface area contributed by atoms with E-state index >= 15 is 0 Å². The highest BCUT2D eigenvalue weighted by molar-refractivity contribution is 6.08. The fourth-order valence-corrected chi connectivity index (χ4v) is 10.4. The molecule has 4 aliphatic rings. The van der Waals surface area contributed by atoms with Gasteiger partial charge in [-0.05, 0) is 78.9 Å². The highest BCUT2D eigenvalue weighted by atomic mass is 16.2. The number of rotatable bonds is 3. The smallest absolute Gasteiger partial charge is 0.247 e. The van der Waals surface area contributed by atoms with Crippen LogP contribution in [0.25, 0.3) is 90.9 Å². The van der Waals surface area contributed by atoms with Crippen LogP contribution < -0.4 is 37.2 Å². The second kappa shape index (κ2) is 23.5. The SMILES string of the molecule is C=CC(=O)Nc1ccccc1-c1c2nc(c3c4ccc([nH]4)c4c5nc(c(c6ccc1[nH]6)-c1ccccc1NC(=O)CCNCCN(CCNCCC(=O)Nc1ccccc1-3)CCNCCC(=O)Nc1ccccc1-4)C=C5)C=C2. The summed E-state index contributed by atoms with van der Waals surface area (Å²) in [5.74, 6) is -0.797. The lowest BCUT2D eigenvalue weighted by atomic mass is 10.0. The van der Waals surface area contributed by atoms with E-state index in [9.17, 15) is 19.2 Å². The van der Waals surface area contributed by atoms with Crippen molar-refractivity contribution in [1.82, 2.24) is 40.8 Å². The summed E-state index contributed by atoms with van der Waals surface area (Å²) >= 11 is 0. The third-order valence-electron chi connectivity index (χ3n) is 14.2. The maximum absolute atomic E-state index is 14.0. The minimum Gasteiger partial charge on any atom is -0.354 e. The number of para-hydroxylation sites is 4. The van der Waals surface area contributed by atoms with Gasteiger partial charge in [-0.1, -0.05) is 79.4 Å². The van der Waals surface area contributed by atoms with Crippen molar-refractivity contribution in [3.8, 4) is 44.5 Å². The lowest BCUT2D eigenvalue weighted by Crippen LogP contribution is -2.41. The number of fused-ring (bicyclic) bond motifs is 17. The molecule has 12 bridgehead atoms. The summed E-state index contributed by atoms with van der Waals surface area (Å²) in [7, 11) is 0. The average Bonchev–Trinajstić information content (AvgIpc) is 4.46. The molecule has 392 valence electrons. The average molecular weight is 1040 g/mol. The molecule has 11 rings (SSSR count). The third-order valence-corrected chi connectivity index (χ3v) is 14.2. The van der Waals surface area contributed by atoms with Crippen molar-refractivity contribution in [3.05, 3.63) is 157 Å². The first-order valence-electron chi connectivity index (χ1n) is 26.5. The van der Waals surface area contributed by atoms with Crippen LogP contribution in [0, 0.1) is 0 Å². The minimum atomic E-state index is -0.372. The number of aromatic amines is 2. The lowest BCUT2D eigenvalue weighted by Gasteiger charge is -2.23. The summed E-state index contributed by atoms with van der Waals surface area (Å²) in [5, 5.41) is 23.2. The van der Waals surface area contributed by atoms with Crippen LogP contribution in [0.1, 0.15) is 42.0 Å². The number of carbonyl (C=O) groups is 4. The van der Waals surface area contributed by atoms with Gasteiger partial charge in [0.2, 0.25) is 23.6 Å². The number of benzene rings is 4. The normalized spacial score (nSPS) is 16.5. The number of hydrogen-bond donors (Lipinski definition) is 9. The van der Waals surface area contributed by atoms with Crippen LogP contribution in [-0.4, -0.2) is 107 Å². The van der Waals surface area contributed by atoms with E-state index in [0.29, 0.717) is 129 Å². The molecule has 16 nitrogen and oxygen atoms in total. The number of carbonyl (C=O) groups excluding carboxylic acids is 4. The Morgan fingerprint density at radius 2 is 0.782 bits per heavy atom. The number of nitrogens with one attached hydrogen (secondary N) is 9. The van der Waals surface area contributed by atoms with Crippen LogP contribution in [0.3, 0.4) is 0 Å². The molecule has 0 aliphatic carbocycles. The van der Waals surface area contributed by atoms with Gasteiger partial charge in [0.25, 0.3) is 0 Å². The summed E-state index contributed by atoms with van der Waals surface area (Å²) in [6.07, 6.45) is 9.84. The minimum absolute atomic E-state index is 0.132. The second-order valence-corrected chi connectivity index (χ2v) is 19.4. The zero-order chi connectivity index (χ0) is 53.4. The molecule has 0 fully saturated rings. The van der Waals surface area contributed by atoms with E-state index in [1.54, 1.807) is 0 Å². The quantitative estimate of drug-likeness (QED) is 0.0765. The van der Waals surface area contributed by atoms with Gasteiger partial charge in [-0.3, -0.25) is 24.1 Å². The summed E-state index contributed by atoms with van der Waals surface area (Å²) in [4.78, 5) is 75.9. The van der Waals surface area contributed by atoms with Gasteiger partial charge < -0.3 is 47.2 Å². The zero-order valence-electron chi connectivity index (χ0n) is 43.1. The van der Waals surface area contributed by atoms with Crippen molar-refractivity contribution in [2.45, 2.75) is 19.3 Å². The Labute approximate surface area is 451 Å². The third kappa shape index (κ3) is 11.2. The van der Waals surface area contributed by atoms with Crippen LogP contribution in [0.2, 0.25) is 0 Å². The number of nitrogens with zero attached hydrogens (tertiary/aromatic N) is 3. The Hall–Kier alpha value is -9.06. The van der Waals surface area contributed by atoms with Crippen LogP contribution in [-0.2, 0) is 19.2 Å². The van der Waals surface area contributed by atoms with Crippen LogP contribution in [0.5, 0.6) is 0 Å². The first kappa shape index (κ1) is 51.1. The van der Waals surface area contributed by atoms with Crippen molar-refractivity contribution in [2.24, 2.45) is 0 Å². The molecule has 16 heteroatoms. The van der Waals surface area contributed by atoms with E-state index < -0.39 is 0 Å². The van der Waals surface area contributed by atoms with Crippen molar-refractivity contribution < 1.29 is 19.2 Å². The Morgan fingerprint density at radius 1 is 0.449 bits per heavy atom. The number of H-pyrrole nitrogens is 2. The molecule has 4 aromatic carbocycles. The second-order valence-electron chi connectivity index (χ2n) is 19.4. The molecule has 0 saturated carbocycles. The van der Waals surface area contributed by atoms with Crippen molar-refractivity contribution in [3.63, 3.8) is 0 Å². The molecule has 4 amide bonds. The molecule has 78 heavy (non-hydrogen) atoms. The molecule has 9 N–H and O–H groups in total. The molecule has 7 aromatic rings. The molecule has 0 saturated heterocycles. The van der Waals surface area contributed by atoms with Crippen molar-refractivity contribution in [1.29, 1.82) is 0 Å². The van der Waals surface area contributed by atoms with Gasteiger partial charge in [0.1, 0.15) is 0 Å². The van der Waals surface area contributed by atoms with E-state index in [1.807, 2.05) is 146 Å². The standard InChI is InChI=1S/C62H60N12O4/c1-2-55(75)70-43-15-7-3-11-39(43)59-47-19-21-49(66-47)60-40-12-4-8-16-44(40)71-56(76)27-30-63-33-36-74-37-34-64-31-28-57(77)72-45-17-9-5-13-41(45)61(50-22-20-48(59)67-50)52-24-26-54(69-52)62(53-25-23-51(60)68-53)42-14-6-10-18-46(42)73-58(78)29-32-65-35-38-74/h2-26,63-66,69H,1,27-38H2,(H,70,75)(H,71,76)(H,72,77)(H,73,78). The van der Waals surface area contributed by atoms with Gasteiger partial charge in [-0.25, -0.2) is 9.97 Å². The van der Waals surface area contributed by atoms with E-state index in [1.165, 1.54) is 6.08 Å². The number of hydrogen-bond acceptors (Lipinski definition) is 10. The molecule has 3 aromatic heterocycles. The molecule has 0 radical (unpaired) electrons. The largest absolute Gasteiger partial charge is 0.354 e. The fourth-order valence-electron chi connectivity index (χ4n) is 10.4. The maximum atomic E-state index is 14.0. The zero-order valence-corrected chi connectivity index (χ0v) is 43.1. The van der Waals surface area contributed by atoms with Gasteiger partial charge >= 0.3 is 0 Å². The van der Waals surface area contributed by atoms with Gasteiger partial charge in [0.15, 0.2) is 0 Å². The van der Waals surface area contributed by atoms with E-state index in [4.69, 9.17) is 9.97 Å². The van der Waals surface area contributed by atoms with E-state index in [2.05, 4.69) is 58.7 Å². The summed E-state index contributed by atoms with van der Waals surface area (Å²) in [5.41, 5.74) is 13.3. The maximum Gasteiger partial charge on any atom is 0.247 e. The van der Waals surface area contributed by atoms with Crippen molar-refractivity contribution >= 4 is 92.7 Å². The van der Waals surface area contributed by atoms with E-state index in [0.717, 1.165) is 41.9 Å². The first-order valence-corrected chi connectivity index (χ1v) is 26.5. The molecular weight excluding hydrogens is 977 g/mol. The fraction of sp³-hybridized carbons (Fsp3) is 0.194. The number of anilines is 4. The Morgan fingerprint density at radius 3 is 1.15 bits per heavy atom. The van der Waals surface area contributed by atoms with E-state index in [-0.39, 0.29) is 42.9 Å². The summed E-state index contributed by atoms with van der Waals surface area (Å²) in [6.45, 7) is 9.26. The predicted molar refractivity (Wildman–Crippen MR) is 314 cm³/mol. The Balaban J connectivity index is 1.26. The Kier molecular flexibility index (Phi) is 15.4. The lowest BCUT2D eigenvalue weighted by molar-refractivity contribution is -0.116. The highest BCUT2D eigenvalue weighted by Crippen LogP contribution is 2.43. The molecule has 0 spiro atoms. The Bertz CT molecular complexity index is 3660. The van der Waals surface area contributed by atoms with Gasteiger partial charge in [-0.15, -0.1) is 0 Å². The van der Waals surface area contributed by atoms with Crippen molar-refractivity contribution in [2.75, 3.05) is 80.2 Å². The van der Waals surface area contributed by atoms with Gasteiger partial charge in [0.05, 0.1) is 22.8 Å². The van der Waals surface area contributed by atoms with Gasteiger partial charge in [-0.2, -0.15) is 0 Å². The monoisotopic (exact) mass is 1040 g/mol. The molecular formula is C62H60N12O4. The summed E-state index contributed by atoms with van der Waals surface area (Å²) < 4.78 is 0. The molecule has 1 atom stereocenters. The van der Waals surface area contributed by atoms with Crippen LogP contribution in [0.4, 0.5) is 22.7 Å². The van der Waals surface area contributed by atoms with Gasteiger partial charge in [0, 0.05) is 167 Å². The van der Waals surface area contributed by atoms with Crippen LogP contribution >= 0.6 is 0 Å². The molecule has 4 aliphatic heterocycles. The number of aromatic nitrogens is 4. The molecule has 1 unspecified atom stereocenters. The molecule has 7 heterocycles. The first-order chi connectivity index (χ1) is 38.3. The number of amides is 4.